The number of nitrogens with zero attached hydrogens (tertiary/aromatic N) is 1. The van der Waals surface area contributed by atoms with E-state index in [-0.39, 0.29) is 30.2 Å². The van der Waals surface area contributed by atoms with Gasteiger partial charge in [-0.3, -0.25) is 9.78 Å². The van der Waals surface area contributed by atoms with Crippen molar-refractivity contribution in [1.82, 2.24) is 10.3 Å². The molecule has 144 valence electrons. The van der Waals surface area contributed by atoms with Gasteiger partial charge in [0, 0.05) is 12.2 Å². The number of carbonyl (C=O) groups excluding carboxylic acids is 1. The summed E-state index contributed by atoms with van der Waals surface area (Å²) < 4.78 is 5.36. The van der Waals surface area contributed by atoms with E-state index < -0.39 is 17.7 Å². The third-order valence-electron chi connectivity index (χ3n) is 4.88. The molecule has 0 bridgehead atoms. The fourth-order valence-corrected chi connectivity index (χ4v) is 3.81. The molecular formula is C19H29N3O4. The molecule has 1 amide bonds. The van der Waals surface area contributed by atoms with E-state index in [1.165, 1.54) is 0 Å². The van der Waals surface area contributed by atoms with Crippen LogP contribution in [-0.4, -0.2) is 33.8 Å². The quantitative estimate of drug-likeness (QED) is 0.757. The average Bonchev–Trinajstić information content (AvgIpc) is 2.48. The maximum atomic E-state index is 12.3. The van der Waals surface area contributed by atoms with Crippen LogP contribution in [0.3, 0.4) is 0 Å². The highest BCUT2D eigenvalue weighted by atomic mass is 16.6. The van der Waals surface area contributed by atoms with Gasteiger partial charge in [0.25, 0.3) is 0 Å². The van der Waals surface area contributed by atoms with Gasteiger partial charge in [-0.1, -0.05) is 6.92 Å². The third-order valence-corrected chi connectivity index (χ3v) is 4.88. The molecule has 1 heterocycles. The highest BCUT2D eigenvalue weighted by Gasteiger charge is 2.39. The Morgan fingerprint density at radius 1 is 1.38 bits per heavy atom. The van der Waals surface area contributed by atoms with Crippen LogP contribution in [0.5, 0.6) is 0 Å². The number of aliphatic carboxylic acids is 1. The maximum Gasteiger partial charge on any atom is 0.407 e. The molecule has 7 heteroatoms. The number of hydrogen-bond donors (Lipinski definition) is 3. The number of nitrogen functional groups attached to an aromatic ring is 1. The summed E-state index contributed by atoms with van der Waals surface area (Å²) in [7, 11) is 0. The molecule has 1 aromatic rings. The second kappa shape index (κ2) is 7.93. The number of nitrogens with one attached hydrogen (secondary N) is 1. The minimum atomic E-state index is -0.861. The number of anilines is 1. The van der Waals surface area contributed by atoms with E-state index in [1.807, 2.05) is 13.0 Å². The molecule has 4 N–H and O–H groups in total. The standard InChI is InChI=1S/C19H29N3O4/c1-11-7-12(13-5-6-21-10-15(13)20)8-16(14(11)9-17(23)24)22-18(25)26-19(2,3)4/h5-6,10-12,14,16H,7-9,20H2,1-4H3,(H,22,25)(H,23,24). The van der Waals surface area contributed by atoms with Crippen molar-refractivity contribution in [3.05, 3.63) is 24.0 Å². The predicted octanol–water partition coefficient (Wildman–Crippen LogP) is 3.16. The number of pyridine rings is 1. The van der Waals surface area contributed by atoms with Gasteiger partial charge < -0.3 is 20.9 Å². The molecular weight excluding hydrogens is 334 g/mol. The second-order valence-electron chi connectivity index (χ2n) is 8.16. The summed E-state index contributed by atoms with van der Waals surface area (Å²) in [5.41, 5.74) is 7.08. The van der Waals surface area contributed by atoms with Crippen LogP contribution in [0.1, 0.15) is 58.4 Å². The third kappa shape index (κ3) is 5.34. The maximum absolute atomic E-state index is 12.3. The lowest BCUT2D eigenvalue weighted by Crippen LogP contribution is -2.48. The van der Waals surface area contributed by atoms with E-state index in [0.717, 1.165) is 12.0 Å². The number of nitrogens with two attached hydrogens (primary N) is 1. The van der Waals surface area contributed by atoms with Gasteiger partial charge in [0.05, 0.1) is 18.3 Å². The van der Waals surface area contributed by atoms with E-state index in [1.54, 1.807) is 33.2 Å². The first kappa shape index (κ1) is 20.0. The van der Waals surface area contributed by atoms with Gasteiger partial charge in [0.2, 0.25) is 0 Å². The van der Waals surface area contributed by atoms with Crippen LogP contribution < -0.4 is 11.1 Å². The number of carboxylic acid groups (broad SMARTS) is 1. The Kier molecular flexibility index (Phi) is 6.10. The first-order chi connectivity index (χ1) is 12.1. The van der Waals surface area contributed by atoms with Gasteiger partial charge >= 0.3 is 12.1 Å². The molecule has 4 atom stereocenters. The summed E-state index contributed by atoms with van der Waals surface area (Å²) in [5.74, 6) is -0.755. The molecule has 0 saturated heterocycles. The summed E-state index contributed by atoms with van der Waals surface area (Å²) in [6.45, 7) is 7.42. The molecule has 7 nitrogen and oxygen atoms in total. The van der Waals surface area contributed by atoms with E-state index in [0.29, 0.717) is 12.1 Å². The fourth-order valence-electron chi connectivity index (χ4n) is 3.81. The highest BCUT2D eigenvalue weighted by Crippen LogP contribution is 2.42. The Bertz CT molecular complexity index is 656. The SMILES string of the molecule is CC1CC(c2ccncc2N)CC(NC(=O)OC(C)(C)C)C1CC(=O)O. The van der Waals surface area contributed by atoms with Crippen molar-refractivity contribution in [3.8, 4) is 0 Å². The highest BCUT2D eigenvalue weighted by molar-refractivity contribution is 5.69. The lowest BCUT2D eigenvalue weighted by atomic mass is 9.68. The lowest BCUT2D eigenvalue weighted by Gasteiger charge is -2.41. The van der Waals surface area contributed by atoms with Gasteiger partial charge in [0.15, 0.2) is 0 Å². The van der Waals surface area contributed by atoms with E-state index in [4.69, 9.17) is 10.5 Å². The van der Waals surface area contributed by atoms with Crippen LogP contribution in [0.2, 0.25) is 0 Å². The summed E-state index contributed by atoms with van der Waals surface area (Å²) in [4.78, 5) is 27.6. The Morgan fingerprint density at radius 2 is 2.08 bits per heavy atom. The molecule has 2 rings (SSSR count). The zero-order valence-electron chi connectivity index (χ0n) is 15.9. The molecule has 26 heavy (non-hydrogen) atoms. The number of rotatable bonds is 4. The van der Waals surface area contributed by atoms with Crippen molar-refractivity contribution < 1.29 is 19.4 Å². The van der Waals surface area contributed by atoms with Gasteiger partial charge in [0.1, 0.15) is 5.60 Å². The van der Waals surface area contributed by atoms with Crippen molar-refractivity contribution in [3.63, 3.8) is 0 Å². The van der Waals surface area contributed by atoms with Crippen LogP contribution in [0, 0.1) is 11.8 Å². The zero-order chi connectivity index (χ0) is 19.5. The molecule has 1 fully saturated rings. The predicted molar refractivity (Wildman–Crippen MR) is 98.7 cm³/mol. The molecule has 0 aliphatic heterocycles. The summed E-state index contributed by atoms with van der Waals surface area (Å²) in [6, 6.07) is 1.61. The molecule has 1 aromatic heterocycles. The first-order valence-corrected chi connectivity index (χ1v) is 8.97. The number of aromatic nitrogens is 1. The van der Waals surface area contributed by atoms with Gasteiger partial charge in [-0.15, -0.1) is 0 Å². The van der Waals surface area contributed by atoms with Crippen molar-refractivity contribution in [1.29, 1.82) is 0 Å². The van der Waals surface area contributed by atoms with E-state index in [9.17, 15) is 14.7 Å². The molecule has 0 aromatic carbocycles. The minimum Gasteiger partial charge on any atom is -0.481 e. The Morgan fingerprint density at radius 3 is 2.65 bits per heavy atom. The largest absolute Gasteiger partial charge is 0.481 e. The van der Waals surface area contributed by atoms with E-state index in [2.05, 4.69) is 10.3 Å². The number of carbonyl (C=O) groups is 2. The number of carboxylic acids is 1. The lowest BCUT2D eigenvalue weighted by molar-refractivity contribution is -0.139. The average molecular weight is 363 g/mol. The summed E-state index contributed by atoms with van der Waals surface area (Å²) in [6.07, 6.45) is 4.26. The number of alkyl carbamates (subject to hydrolysis) is 1. The molecule has 1 aliphatic rings. The molecule has 4 unspecified atom stereocenters. The van der Waals surface area contributed by atoms with Crippen molar-refractivity contribution in [2.24, 2.45) is 11.8 Å². The number of ether oxygens (including phenoxy) is 1. The van der Waals surface area contributed by atoms with E-state index >= 15 is 0 Å². The molecule has 0 spiro atoms. The van der Waals surface area contributed by atoms with Crippen LogP contribution in [-0.2, 0) is 9.53 Å². The molecule has 1 aliphatic carbocycles. The Labute approximate surface area is 154 Å². The topological polar surface area (TPSA) is 115 Å². The van der Waals surface area contributed by atoms with Crippen LogP contribution >= 0.6 is 0 Å². The van der Waals surface area contributed by atoms with Gasteiger partial charge in [-0.2, -0.15) is 0 Å². The van der Waals surface area contributed by atoms with Crippen LogP contribution in [0.25, 0.3) is 0 Å². The number of amides is 1. The summed E-state index contributed by atoms with van der Waals surface area (Å²) >= 11 is 0. The number of hydrogen-bond acceptors (Lipinski definition) is 5. The smallest absolute Gasteiger partial charge is 0.407 e. The Balaban J connectivity index is 2.21. The molecule has 0 radical (unpaired) electrons. The Hall–Kier alpha value is -2.31. The van der Waals surface area contributed by atoms with Crippen LogP contribution in [0.15, 0.2) is 18.5 Å². The van der Waals surface area contributed by atoms with Crippen molar-refractivity contribution >= 4 is 17.7 Å². The zero-order valence-corrected chi connectivity index (χ0v) is 15.9. The monoisotopic (exact) mass is 363 g/mol. The summed E-state index contributed by atoms with van der Waals surface area (Å²) in [5, 5.41) is 12.2. The van der Waals surface area contributed by atoms with Crippen molar-refractivity contribution in [2.45, 2.75) is 64.5 Å². The first-order valence-electron chi connectivity index (χ1n) is 8.97. The normalized spacial score (nSPS) is 26.2. The van der Waals surface area contributed by atoms with Crippen molar-refractivity contribution in [2.75, 3.05) is 5.73 Å². The molecule has 1 saturated carbocycles. The van der Waals surface area contributed by atoms with Crippen LogP contribution in [0.4, 0.5) is 10.5 Å². The minimum absolute atomic E-state index is 0.0141. The van der Waals surface area contributed by atoms with Gasteiger partial charge in [-0.25, -0.2) is 4.79 Å². The fraction of sp³-hybridized carbons (Fsp3) is 0.632. The second-order valence-corrected chi connectivity index (χ2v) is 8.16. The van der Waals surface area contributed by atoms with Gasteiger partial charge in [-0.05, 0) is 63.0 Å².